The van der Waals surface area contributed by atoms with Crippen molar-refractivity contribution >= 4 is 50.4 Å². The van der Waals surface area contributed by atoms with Crippen LogP contribution in [0.3, 0.4) is 0 Å². The van der Waals surface area contributed by atoms with E-state index in [-0.39, 0.29) is 54.2 Å². The summed E-state index contributed by atoms with van der Waals surface area (Å²) in [6.45, 7) is 0. The molecule has 0 aliphatic heterocycles. The second-order valence-electron chi connectivity index (χ2n) is 0.0913. The SMILES string of the molecule is N#C[S-].O.O.O.[Ca+2]. The van der Waals surface area contributed by atoms with Gasteiger partial charge in [-0.3, -0.25) is 0 Å². The molecule has 0 spiro atoms. The number of nitriles is 1. The number of rotatable bonds is 0. The summed E-state index contributed by atoms with van der Waals surface area (Å²) in [4.78, 5) is 0. The molecule has 0 saturated heterocycles. The van der Waals surface area contributed by atoms with E-state index in [2.05, 4.69) is 12.6 Å². The topological polar surface area (TPSA) is 118 Å². The number of nitrogens with zero attached hydrogens (tertiary/aromatic N) is 1. The van der Waals surface area contributed by atoms with Crippen LogP contribution in [0.1, 0.15) is 0 Å². The molecule has 0 bridgehead atoms. The summed E-state index contributed by atoms with van der Waals surface area (Å²) in [5, 5.41) is 8.47. The molecule has 6 heteroatoms. The summed E-state index contributed by atoms with van der Waals surface area (Å²) in [6.07, 6.45) is 0. The van der Waals surface area contributed by atoms with Crippen LogP contribution < -0.4 is 0 Å². The Morgan fingerprint density at radius 2 is 1.14 bits per heavy atom. The Balaban J connectivity index is -0.00000000333. The molecule has 0 saturated carbocycles. The van der Waals surface area contributed by atoms with Crippen molar-refractivity contribution in [2.75, 3.05) is 0 Å². The zero-order valence-electron chi connectivity index (χ0n) is 3.56. The van der Waals surface area contributed by atoms with Crippen molar-refractivity contribution in [2.45, 2.75) is 0 Å². The Hall–Kier alpha value is 0.850. The molecule has 0 amide bonds. The quantitative estimate of drug-likeness (QED) is 0.211. The summed E-state index contributed by atoms with van der Waals surface area (Å²) >= 11 is 3.70. The van der Waals surface area contributed by atoms with E-state index in [1.807, 2.05) is 0 Å². The molecule has 7 heavy (non-hydrogen) atoms. The molecule has 0 aromatic heterocycles. The van der Waals surface area contributed by atoms with Gasteiger partial charge in [-0.25, -0.2) is 5.26 Å². The summed E-state index contributed by atoms with van der Waals surface area (Å²) in [7, 11) is 0. The van der Waals surface area contributed by atoms with Gasteiger partial charge >= 0.3 is 37.7 Å². The first-order valence-corrected chi connectivity index (χ1v) is 0.836. The van der Waals surface area contributed by atoms with Crippen molar-refractivity contribution in [1.82, 2.24) is 0 Å². The smallest absolute Gasteiger partial charge is 0.696 e. The maximum absolute atomic E-state index is 7.13. The maximum Gasteiger partial charge on any atom is 2.00 e. The first-order chi connectivity index (χ1) is 1.41. The molecule has 0 aliphatic rings. The van der Waals surface area contributed by atoms with Crippen LogP contribution in [0.15, 0.2) is 0 Å². The molecule has 0 radical (unpaired) electrons. The van der Waals surface area contributed by atoms with Crippen molar-refractivity contribution < 1.29 is 16.4 Å². The van der Waals surface area contributed by atoms with Gasteiger partial charge in [-0.15, -0.1) is 0 Å². The maximum atomic E-state index is 7.13. The Morgan fingerprint density at radius 1 is 1.14 bits per heavy atom. The molecule has 0 unspecified atom stereocenters. The van der Waals surface area contributed by atoms with Crippen molar-refractivity contribution in [3.05, 3.63) is 0 Å². The average Bonchev–Trinajstić information content (AvgIpc) is 0.918. The number of hydrogen-bond donors (Lipinski definition) is 0. The van der Waals surface area contributed by atoms with Crippen molar-refractivity contribution in [2.24, 2.45) is 0 Å². The molecule has 0 rings (SSSR count). The molecule has 0 fully saturated rings. The van der Waals surface area contributed by atoms with E-state index in [0.717, 1.165) is 0 Å². The normalized spacial score (nSPS) is 1.00. The Labute approximate surface area is 76.8 Å². The van der Waals surface area contributed by atoms with Crippen LogP contribution in [0.25, 0.3) is 0 Å². The minimum atomic E-state index is 0. The van der Waals surface area contributed by atoms with E-state index in [4.69, 9.17) is 5.26 Å². The molecule has 6 N–H and O–H groups in total. The van der Waals surface area contributed by atoms with E-state index in [0.29, 0.717) is 0 Å². The van der Waals surface area contributed by atoms with E-state index in [1.54, 1.807) is 0 Å². The predicted molar refractivity (Wildman–Crippen MR) is 29.6 cm³/mol. The van der Waals surface area contributed by atoms with Gasteiger partial charge in [-0.2, -0.15) is 0 Å². The van der Waals surface area contributed by atoms with Gasteiger partial charge in [0.15, 0.2) is 0 Å². The Morgan fingerprint density at radius 3 is 1.14 bits per heavy atom. The van der Waals surface area contributed by atoms with Gasteiger partial charge in [0.1, 0.15) is 0 Å². The van der Waals surface area contributed by atoms with Gasteiger partial charge in [0.05, 0.1) is 0 Å². The fraction of sp³-hybridized carbons (Fsp3) is 0. The van der Waals surface area contributed by atoms with Crippen molar-refractivity contribution in [1.29, 1.82) is 5.26 Å². The Kier molecular flexibility index (Phi) is 444. The van der Waals surface area contributed by atoms with Crippen LogP contribution in [0.2, 0.25) is 0 Å². The molecular formula is CH6CaNO3S+. The summed E-state index contributed by atoms with van der Waals surface area (Å²) in [6, 6.07) is 0. The Bertz CT molecular complexity index is 36.4. The molecule has 0 aromatic rings. The molecule has 40 valence electrons. The van der Waals surface area contributed by atoms with Crippen molar-refractivity contribution in [3.8, 4) is 5.40 Å². The fourth-order valence-electron chi connectivity index (χ4n) is 0. The van der Waals surface area contributed by atoms with Gasteiger partial charge in [0.25, 0.3) is 0 Å². The van der Waals surface area contributed by atoms with Crippen LogP contribution >= 0.6 is 0 Å². The van der Waals surface area contributed by atoms with E-state index in [9.17, 15) is 0 Å². The molecule has 0 aliphatic carbocycles. The second kappa shape index (κ2) is 68.5. The van der Waals surface area contributed by atoms with Crippen LogP contribution in [0.5, 0.6) is 0 Å². The fourth-order valence-corrected chi connectivity index (χ4v) is 0. The molecule has 0 heterocycles. The van der Waals surface area contributed by atoms with Crippen LogP contribution in [-0.4, -0.2) is 54.2 Å². The predicted octanol–water partition coefficient (Wildman–Crippen LogP) is -2.84. The second-order valence-corrected chi connectivity index (χ2v) is 0.274. The standard InChI is InChI=1S/CHNS.Ca.3H2O/c2-1-3;;;;/h3H;;3*1H2/q;+2;;;/p-1. The number of hydrogen-bond acceptors (Lipinski definition) is 2. The van der Waals surface area contributed by atoms with Crippen LogP contribution in [-0.2, 0) is 12.6 Å². The van der Waals surface area contributed by atoms with E-state index in [1.165, 1.54) is 5.40 Å². The van der Waals surface area contributed by atoms with Gasteiger partial charge < -0.3 is 29.1 Å². The first kappa shape index (κ1) is 45.4. The molecule has 0 aromatic carbocycles. The van der Waals surface area contributed by atoms with Crippen LogP contribution in [0, 0.1) is 10.7 Å². The van der Waals surface area contributed by atoms with Gasteiger partial charge in [0.2, 0.25) is 0 Å². The summed E-state index contributed by atoms with van der Waals surface area (Å²) in [5.41, 5.74) is 0. The summed E-state index contributed by atoms with van der Waals surface area (Å²) in [5.74, 6) is 0. The molecule has 0 atom stereocenters. The zero-order chi connectivity index (χ0) is 2.71. The minimum absolute atomic E-state index is 0. The number of thiocyanates is 1. The third kappa shape index (κ3) is 223. The first-order valence-electron chi connectivity index (χ1n) is 0.428. The average molecular weight is 152 g/mol. The zero-order valence-corrected chi connectivity index (χ0v) is 6.59. The monoisotopic (exact) mass is 152 g/mol. The van der Waals surface area contributed by atoms with Crippen LogP contribution in [0.4, 0.5) is 0 Å². The third-order valence-electron chi connectivity index (χ3n) is 0. The molecular weight excluding hydrogens is 146 g/mol. The largest absolute Gasteiger partial charge is 2.00 e. The van der Waals surface area contributed by atoms with E-state index >= 15 is 0 Å². The van der Waals surface area contributed by atoms with E-state index < -0.39 is 0 Å². The van der Waals surface area contributed by atoms with Crippen molar-refractivity contribution in [3.63, 3.8) is 0 Å². The third-order valence-corrected chi connectivity index (χ3v) is 0. The molecule has 4 nitrogen and oxygen atoms in total. The van der Waals surface area contributed by atoms with Gasteiger partial charge in [0, 0.05) is 0 Å². The van der Waals surface area contributed by atoms with Gasteiger partial charge in [-0.1, -0.05) is 5.40 Å². The minimum Gasteiger partial charge on any atom is -0.696 e. The van der Waals surface area contributed by atoms with Gasteiger partial charge in [-0.05, 0) is 0 Å². The summed E-state index contributed by atoms with van der Waals surface area (Å²) < 4.78 is 0.